The number of aliphatic hydroxyl groups is 1. The Hall–Kier alpha value is -1.21. The SMILES string of the molecule is N[C@H](c1c(F)c(F)c(F)c(F)c1F)[C@@H](O)C1CCCC1. The van der Waals surface area contributed by atoms with Gasteiger partial charge in [-0.15, -0.1) is 0 Å². The van der Waals surface area contributed by atoms with Crippen molar-refractivity contribution in [1.82, 2.24) is 0 Å². The van der Waals surface area contributed by atoms with Crippen molar-refractivity contribution in [2.45, 2.75) is 37.8 Å². The van der Waals surface area contributed by atoms with Gasteiger partial charge in [-0.1, -0.05) is 12.8 Å². The maximum absolute atomic E-state index is 13.6. The van der Waals surface area contributed by atoms with Crippen LogP contribution in [-0.2, 0) is 0 Å². The first-order valence-corrected chi connectivity index (χ1v) is 6.31. The Labute approximate surface area is 112 Å². The Morgan fingerprint density at radius 1 is 0.850 bits per heavy atom. The summed E-state index contributed by atoms with van der Waals surface area (Å²) in [6.45, 7) is 0. The molecule has 3 N–H and O–H groups in total. The molecule has 0 radical (unpaired) electrons. The molecule has 1 aromatic rings. The van der Waals surface area contributed by atoms with E-state index in [0.717, 1.165) is 12.8 Å². The summed E-state index contributed by atoms with van der Waals surface area (Å²) in [4.78, 5) is 0. The molecule has 1 fully saturated rings. The Morgan fingerprint density at radius 2 is 1.25 bits per heavy atom. The van der Waals surface area contributed by atoms with Crippen molar-refractivity contribution in [2.24, 2.45) is 11.7 Å². The molecule has 0 spiro atoms. The minimum atomic E-state index is -2.23. The Kier molecular flexibility index (Phi) is 4.29. The van der Waals surface area contributed by atoms with Gasteiger partial charge in [-0.2, -0.15) is 0 Å². The molecule has 2 rings (SSSR count). The molecule has 0 heterocycles. The van der Waals surface area contributed by atoms with Gasteiger partial charge < -0.3 is 10.8 Å². The molecule has 7 heteroatoms. The van der Waals surface area contributed by atoms with Gasteiger partial charge in [-0.3, -0.25) is 0 Å². The molecule has 1 saturated carbocycles. The fourth-order valence-electron chi connectivity index (χ4n) is 2.68. The minimum Gasteiger partial charge on any atom is -0.391 e. The molecule has 0 aromatic heterocycles. The van der Waals surface area contributed by atoms with Crippen molar-refractivity contribution < 1.29 is 27.1 Å². The van der Waals surface area contributed by atoms with E-state index < -0.39 is 46.8 Å². The normalized spacial score (nSPS) is 19.4. The average molecular weight is 295 g/mol. The van der Waals surface area contributed by atoms with Crippen LogP contribution in [0.15, 0.2) is 0 Å². The first-order valence-electron chi connectivity index (χ1n) is 6.31. The van der Waals surface area contributed by atoms with Gasteiger partial charge in [0.25, 0.3) is 0 Å². The van der Waals surface area contributed by atoms with Gasteiger partial charge >= 0.3 is 0 Å². The molecule has 0 unspecified atom stereocenters. The second kappa shape index (κ2) is 5.65. The number of nitrogens with two attached hydrogens (primary N) is 1. The molecule has 20 heavy (non-hydrogen) atoms. The third-order valence-corrected chi connectivity index (χ3v) is 3.83. The molecular formula is C13H14F5NO. The van der Waals surface area contributed by atoms with E-state index in [1.54, 1.807) is 0 Å². The minimum absolute atomic E-state index is 0.292. The summed E-state index contributed by atoms with van der Waals surface area (Å²) in [7, 11) is 0. The molecule has 0 bridgehead atoms. The van der Waals surface area contributed by atoms with Crippen LogP contribution in [0.4, 0.5) is 22.0 Å². The van der Waals surface area contributed by atoms with Gasteiger partial charge in [0.15, 0.2) is 23.3 Å². The first-order chi connectivity index (χ1) is 9.36. The van der Waals surface area contributed by atoms with E-state index in [0.29, 0.717) is 12.8 Å². The van der Waals surface area contributed by atoms with E-state index in [1.165, 1.54) is 0 Å². The average Bonchev–Trinajstić information content (AvgIpc) is 2.96. The van der Waals surface area contributed by atoms with E-state index in [1.807, 2.05) is 0 Å². The molecule has 0 saturated heterocycles. The Morgan fingerprint density at radius 3 is 1.70 bits per heavy atom. The quantitative estimate of drug-likeness (QED) is 0.511. The third-order valence-electron chi connectivity index (χ3n) is 3.83. The number of aliphatic hydroxyl groups excluding tert-OH is 1. The van der Waals surface area contributed by atoms with Crippen LogP contribution in [0.5, 0.6) is 0 Å². The van der Waals surface area contributed by atoms with Gasteiger partial charge in [0, 0.05) is 5.56 Å². The molecule has 2 nitrogen and oxygen atoms in total. The van der Waals surface area contributed by atoms with Crippen molar-refractivity contribution in [1.29, 1.82) is 0 Å². The Bertz CT molecular complexity index is 487. The van der Waals surface area contributed by atoms with Gasteiger partial charge in [0.05, 0.1) is 12.1 Å². The molecule has 1 aromatic carbocycles. The van der Waals surface area contributed by atoms with Gasteiger partial charge in [0.1, 0.15) is 0 Å². The van der Waals surface area contributed by atoms with Gasteiger partial charge in [-0.05, 0) is 18.8 Å². The van der Waals surface area contributed by atoms with Crippen LogP contribution in [0.2, 0.25) is 0 Å². The summed E-state index contributed by atoms with van der Waals surface area (Å²) in [5, 5.41) is 9.97. The monoisotopic (exact) mass is 295 g/mol. The number of benzene rings is 1. The predicted octanol–water partition coefficient (Wildman–Crippen LogP) is 2.93. The van der Waals surface area contributed by atoms with Crippen LogP contribution in [0, 0.1) is 35.0 Å². The number of hydrogen-bond acceptors (Lipinski definition) is 2. The summed E-state index contributed by atoms with van der Waals surface area (Å²) >= 11 is 0. The molecule has 0 aliphatic heterocycles. The van der Waals surface area contributed by atoms with Crippen LogP contribution in [0.3, 0.4) is 0 Å². The van der Waals surface area contributed by atoms with E-state index in [-0.39, 0.29) is 5.92 Å². The number of hydrogen-bond donors (Lipinski definition) is 2. The maximum atomic E-state index is 13.6. The fourth-order valence-corrected chi connectivity index (χ4v) is 2.68. The highest BCUT2D eigenvalue weighted by Crippen LogP contribution is 2.35. The second-order valence-electron chi connectivity index (χ2n) is 5.04. The highest BCUT2D eigenvalue weighted by atomic mass is 19.2. The topological polar surface area (TPSA) is 46.2 Å². The Balaban J connectivity index is 2.41. The molecule has 1 aliphatic carbocycles. The van der Waals surface area contributed by atoms with Crippen LogP contribution < -0.4 is 5.73 Å². The summed E-state index contributed by atoms with van der Waals surface area (Å²) in [5.74, 6) is -10.6. The second-order valence-corrected chi connectivity index (χ2v) is 5.04. The zero-order valence-corrected chi connectivity index (χ0v) is 10.5. The zero-order chi connectivity index (χ0) is 15.0. The molecular weight excluding hydrogens is 281 g/mol. The van der Waals surface area contributed by atoms with Crippen molar-refractivity contribution >= 4 is 0 Å². The van der Waals surface area contributed by atoms with Crippen LogP contribution in [-0.4, -0.2) is 11.2 Å². The lowest BCUT2D eigenvalue weighted by molar-refractivity contribution is 0.0811. The molecule has 2 atom stereocenters. The van der Waals surface area contributed by atoms with Gasteiger partial charge in [-0.25, -0.2) is 22.0 Å². The summed E-state index contributed by atoms with van der Waals surface area (Å²) in [5.41, 5.74) is 4.37. The lowest BCUT2D eigenvalue weighted by atomic mass is 9.90. The maximum Gasteiger partial charge on any atom is 0.200 e. The smallest absolute Gasteiger partial charge is 0.200 e. The summed E-state index contributed by atoms with van der Waals surface area (Å²) in [6.07, 6.45) is 1.57. The van der Waals surface area contributed by atoms with Crippen molar-refractivity contribution in [3.63, 3.8) is 0 Å². The zero-order valence-electron chi connectivity index (χ0n) is 10.5. The standard InChI is InChI=1S/C13H14F5NO/c14-7-6(8(15)10(17)11(18)9(7)16)12(19)13(20)5-3-1-2-4-5/h5,12-13,20H,1-4,19H2/t12-,13+/m1/s1. The number of halogens is 5. The van der Waals surface area contributed by atoms with Crippen molar-refractivity contribution in [3.8, 4) is 0 Å². The molecule has 1 aliphatic rings. The molecule has 0 amide bonds. The summed E-state index contributed by atoms with van der Waals surface area (Å²) < 4.78 is 66.3. The predicted molar refractivity (Wildman–Crippen MR) is 61.1 cm³/mol. The van der Waals surface area contributed by atoms with Gasteiger partial charge in [0.2, 0.25) is 5.82 Å². The first kappa shape index (κ1) is 15.2. The van der Waals surface area contributed by atoms with Crippen molar-refractivity contribution in [3.05, 3.63) is 34.6 Å². The lowest BCUT2D eigenvalue weighted by Gasteiger charge is -2.25. The highest BCUT2D eigenvalue weighted by Gasteiger charge is 2.35. The van der Waals surface area contributed by atoms with E-state index in [9.17, 15) is 27.1 Å². The van der Waals surface area contributed by atoms with Crippen LogP contribution in [0.25, 0.3) is 0 Å². The van der Waals surface area contributed by atoms with E-state index in [2.05, 4.69) is 0 Å². The van der Waals surface area contributed by atoms with Crippen LogP contribution >= 0.6 is 0 Å². The summed E-state index contributed by atoms with van der Waals surface area (Å²) in [6, 6.07) is -1.65. The largest absolute Gasteiger partial charge is 0.391 e. The number of rotatable bonds is 3. The fraction of sp³-hybridized carbons (Fsp3) is 0.538. The molecule has 112 valence electrons. The van der Waals surface area contributed by atoms with E-state index in [4.69, 9.17) is 5.73 Å². The van der Waals surface area contributed by atoms with Crippen molar-refractivity contribution in [2.75, 3.05) is 0 Å². The highest BCUT2D eigenvalue weighted by molar-refractivity contribution is 5.27. The lowest BCUT2D eigenvalue weighted by Crippen LogP contribution is -2.34. The third kappa shape index (κ3) is 2.40. The van der Waals surface area contributed by atoms with E-state index >= 15 is 0 Å². The van der Waals surface area contributed by atoms with Crippen LogP contribution in [0.1, 0.15) is 37.3 Å².